The molecule has 0 amide bonds. The highest BCUT2D eigenvalue weighted by Gasteiger charge is 2.34. The second-order valence-electron chi connectivity index (χ2n) is 9.31. The number of rotatable bonds is 5. The Kier molecular flexibility index (Phi) is 6.89. The van der Waals surface area contributed by atoms with Gasteiger partial charge in [-0.15, -0.1) is 0 Å². The summed E-state index contributed by atoms with van der Waals surface area (Å²) in [5, 5.41) is 23.0. The third-order valence-corrected chi connectivity index (χ3v) is 7.53. The molecule has 2 aromatic heterocycles. The smallest absolute Gasteiger partial charge is 0.359 e. The molecule has 1 N–H and O–H groups in total. The molecule has 196 valence electrons. The van der Waals surface area contributed by atoms with Gasteiger partial charge in [-0.25, -0.2) is 9.37 Å². The van der Waals surface area contributed by atoms with Crippen LogP contribution in [0.1, 0.15) is 22.7 Å². The first kappa shape index (κ1) is 25.8. The van der Waals surface area contributed by atoms with Gasteiger partial charge in [-0.1, -0.05) is 30.3 Å². The molecule has 0 saturated carbocycles. The van der Waals surface area contributed by atoms with Gasteiger partial charge in [-0.3, -0.25) is 19.8 Å². The van der Waals surface area contributed by atoms with Crippen molar-refractivity contribution in [1.82, 2.24) is 14.5 Å². The van der Waals surface area contributed by atoms with E-state index in [1.165, 1.54) is 23.7 Å². The first-order chi connectivity index (χ1) is 18.2. The van der Waals surface area contributed by atoms with Crippen LogP contribution in [-0.2, 0) is 7.05 Å². The number of piperazine rings is 1. The zero-order valence-corrected chi connectivity index (χ0v) is 22.4. The van der Waals surface area contributed by atoms with Crippen LogP contribution in [0.4, 0.5) is 15.8 Å². The van der Waals surface area contributed by atoms with E-state index in [1.54, 1.807) is 24.3 Å². The molecule has 1 fully saturated rings. The number of fused-ring (bicyclic) bond motifs is 1. The third-order valence-electron chi connectivity index (χ3n) is 7.08. The molecule has 1 unspecified atom stereocenters. The van der Waals surface area contributed by atoms with E-state index < -0.39 is 16.2 Å². The summed E-state index contributed by atoms with van der Waals surface area (Å²) in [6, 6.07) is 14.8. The van der Waals surface area contributed by atoms with E-state index in [9.17, 15) is 24.4 Å². The summed E-state index contributed by atoms with van der Waals surface area (Å²) in [6.07, 6.45) is 0. The average Bonchev–Trinajstić information content (AvgIpc) is 2.90. The summed E-state index contributed by atoms with van der Waals surface area (Å²) in [5.41, 5.74) is 2.10. The van der Waals surface area contributed by atoms with E-state index in [4.69, 9.17) is 0 Å². The number of phenols is 1. The molecule has 0 radical (unpaired) electrons. The zero-order chi connectivity index (χ0) is 27.1. The molecule has 1 aliphatic heterocycles. The molecule has 1 atom stereocenters. The van der Waals surface area contributed by atoms with Crippen LogP contribution in [0.5, 0.6) is 5.75 Å². The van der Waals surface area contributed by atoms with E-state index in [2.05, 4.69) is 25.8 Å². The van der Waals surface area contributed by atoms with E-state index in [1.807, 2.05) is 30.0 Å². The van der Waals surface area contributed by atoms with Crippen molar-refractivity contribution in [3.63, 3.8) is 0 Å². The zero-order valence-electron chi connectivity index (χ0n) is 20.8. The number of nitro groups is 1. The standard InChI is InChI=1S/C27H25BrFN5O4/c1-16-4-3-5-19(26(16)35)23(17-6-8-18(29)9-7-17)32-12-14-33(15-13-32)24-22-20(10-11-21(28)30-22)31(2)27(36)25(24)34(37)38/h3-11,23,35H,12-15H2,1-2H3. The van der Waals surface area contributed by atoms with Crippen molar-refractivity contribution < 1.29 is 14.4 Å². The normalized spacial score (nSPS) is 15.1. The molecule has 2 aromatic carbocycles. The number of anilines is 1. The number of pyridine rings is 2. The van der Waals surface area contributed by atoms with E-state index in [-0.39, 0.29) is 23.3 Å². The van der Waals surface area contributed by atoms with Gasteiger partial charge in [0.25, 0.3) is 0 Å². The number of hydrogen-bond acceptors (Lipinski definition) is 7. The molecule has 0 spiro atoms. The number of aryl methyl sites for hydroxylation is 2. The minimum Gasteiger partial charge on any atom is -0.507 e. The van der Waals surface area contributed by atoms with Crippen LogP contribution >= 0.6 is 15.9 Å². The SMILES string of the molecule is Cc1cccc(C(c2ccc(F)cc2)N2CCN(c3c([N+](=O)[O-])c(=O)n(C)c4ccc(Br)nc34)CC2)c1O. The molecule has 1 saturated heterocycles. The summed E-state index contributed by atoms with van der Waals surface area (Å²) in [5.74, 6) is -0.180. The summed E-state index contributed by atoms with van der Waals surface area (Å²) < 4.78 is 15.5. The van der Waals surface area contributed by atoms with Crippen LogP contribution < -0.4 is 10.5 Å². The van der Waals surface area contributed by atoms with Gasteiger partial charge < -0.3 is 14.6 Å². The van der Waals surface area contributed by atoms with Crippen LogP contribution in [0.15, 0.2) is 64.0 Å². The minimum absolute atomic E-state index is 0.173. The number of phenolic OH excluding ortho intramolecular Hbond substituents is 1. The third kappa shape index (κ3) is 4.52. The first-order valence-electron chi connectivity index (χ1n) is 12.0. The van der Waals surface area contributed by atoms with Gasteiger partial charge in [0.15, 0.2) is 5.69 Å². The second-order valence-corrected chi connectivity index (χ2v) is 10.1. The Morgan fingerprint density at radius 1 is 1.08 bits per heavy atom. The molecule has 0 aliphatic carbocycles. The number of benzene rings is 2. The largest absolute Gasteiger partial charge is 0.507 e. The molecule has 5 rings (SSSR count). The molecular formula is C27H25BrFN5O4. The van der Waals surface area contributed by atoms with Crippen molar-refractivity contribution in [2.75, 3.05) is 31.1 Å². The van der Waals surface area contributed by atoms with Gasteiger partial charge in [0, 0.05) is 38.8 Å². The highest BCUT2D eigenvalue weighted by Crippen LogP contribution is 2.38. The van der Waals surface area contributed by atoms with Crippen molar-refractivity contribution in [3.8, 4) is 5.75 Å². The molecule has 9 nitrogen and oxygen atoms in total. The first-order valence-corrected chi connectivity index (χ1v) is 12.8. The fourth-order valence-electron chi connectivity index (χ4n) is 5.16. The molecule has 4 aromatic rings. The Bertz CT molecular complexity index is 1600. The Labute approximate surface area is 226 Å². The monoisotopic (exact) mass is 581 g/mol. The number of para-hydroxylation sites is 1. The quantitative estimate of drug-likeness (QED) is 0.207. The minimum atomic E-state index is -0.696. The van der Waals surface area contributed by atoms with Gasteiger partial charge in [-0.05, 0) is 58.2 Å². The lowest BCUT2D eigenvalue weighted by Gasteiger charge is -2.40. The lowest BCUT2D eigenvalue weighted by molar-refractivity contribution is -0.385. The number of hydrogen-bond donors (Lipinski definition) is 1. The van der Waals surface area contributed by atoms with Crippen LogP contribution in [0.25, 0.3) is 11.0 Å². The van der Waals surface area contributed by atoms with Gasteiger partial charge >= 0.3 is 11.2 Å². The summed E-state index contributed by atoms with van der Waals surface area (Å²) in [4.78, 5) is 32.9. The Morgan fingerprint density at radius 2 is 1.76 bits per heavy atom. The van der Waals surface area contributed by atoms with Crippen molar-refractivity contribution in [2.24, 2.45) is 7.05 Å². The van der Waals surface area contributed by atoms with Gasteiger partial charge in [-0.2, -0.15) is 0 Å². The number of nitrogens with zero attached hydrogens (tertiary/aromatic N) is 5. The average molecular weight is 582 g/mol. The van der Waals surface area contributed by atoms with Crippen LogP contribution in [0.2, 0.25) is 0 Å². The van der Waals surface area contributed by atoms with Gasteiger partial charge in [0.1, 0.15) is 21.7 Å². The van der Waals surface area contributed by atoms with Gasteiger partial charge in [0.2, 0.25) is 0 Å². The Hall–Kier alpha value is -3.83. The van der Waals surface area contributed by atoms with Crippen molar-refractivity contribution >= 4 is 38.3 Å². The molecule has 3 heterocycles. The maximum Gasteiger partial charge on any atom is 0.359 e. The molecule has 0 bridgehead atoms. The lowest BCUT2D eigenvalue weighted by atomic mass is 9.94. The summed E-state index contributed by atoms with van der Waals surface area (Å²) in [7, 11) is 1.50. The van der Waals surface area contributed by atoms with Crippen LogP contribution in [0.3, 0.4) is 0 Å². The maximum atomic E-state index is 13.7. The number of halogens is 2. The molecule has 11 heteroatoms. The molecular weight excluding hydrogens is 557 g/mol. The molecule has 1 aliphatic rings. The Balaban J connectivity index is 1.55. The fourth-order valence-corrected chi connectivity index (χ4v) is 5.47. The van der Waals surface area contributed by atoms with Gasteiger partial charge in [0.05, 0.1) is 16.5 Å². The van der Waals surface area contributed by atoms with Crippen molar-refractivity contribution in [2.45, 2.75) is 13.0 Å². The maximum absolute atomic E-state index is 13.7. The highest BCUT2D eigenvalue weighted by molar-refractivity contribution is 9.10. The predicted molar refractivity (Wildman–Crippen MR) is 146 cm³/mol. The summed E-state index contributed by atoms with van der Waals surface area (Å²) in [6.45, 7) is 3.52. The Morgan fingerprint density at radius 3 is 2.42 bits per heavy atom. The molecule has 38 heavy (non-hydrogen) atoms. The lowest BCUT2D eigenvalue weighted by Crippen LogP contribution is -2.48. The highest BCUT2D eigenvalue weighted by atomic mass is 79.9. The number of aromatic nitrogens is 2. The van der Waals surface area contributed by atoms with E-state index >= 15 is 0 Å². The van der Waals surface area contributed by atoms with Crippen LogP contribution in [0, 0.1) is 22.9 Å². The van der Waals surface area contributed by atoms with Crippen LogP contribution in [-0.4, -0.2) is 50.7 Å². The number of aromatic hydroxyl groups is 1. The topological polar surface area (TPSA) is 105 Å². The fraction of sp³-hybridized carbons (Fsp3) is 0.259. The predicted octanol–water partition coefficient (Wildman–Crippen LogP) is 4.67. The van der Waals surface area contributed by atoms with E-state index in [0.717, 1.165) is 11.1 Å². The van der Waals surface area contributed by atoms with E-state index in [0.29, 0.717) is 47.4 Å². The van der Waals surface area contributed by atoms with Crippen molar-refractivity contribution in [1.29, 1.82) is 0 Å². The van der Waals surface area contributed by atoms with Crippen molar-refractivity contribution in [3.05, 3.63) is 102 Å². The summed E-state index contributed by atoms with van der Waals surface area (Å²) >= 11 is 3.35. The second kappa shape index (κ2) is 10.1.